The number of hydrogen-bond donors (Lipinski definition) is 2. The number of fused-ring (bicyclic) bond motifs is 1. The second kappa shape index (κ2) is 9.26. The summed E-state index contributed by atoms with van der Waals surface area (Å²) in [5.74, 6) is 0.455. The SMILES string of the molecule is Cc1cccc(NC(=O)N(CCc2ccccc2)Cc2nc3ccccc3c(=O)[nH]2)c1. The van der Waals surface area contributed by atoms with Gasteiger partial charge in [-0.2, -0.15) is 0 Å². The van der Waals surface area contributed by atoms with Crippen molar-refractivity contribution in [2.75, 3.05) is 11.9 Å². The van der Waals surface area contributed by atoms with Crippen molar-refractivity contribution in [3.8, 4) is 0 Å². The number of rotatable bonds is 6. The molecule has 6 nitrogen and oxygen atoms in total. The Morgan fingerprint density at radius 3 is 2.58 bits per heavy atom. The van der Waals surface area contributed by atoms with Gasteiger partial charge in [-0.25, -0.2) is 9.78 Å². The lowest BCUT2D eigenvalue weighted by Crippen LogP contribution is -2.37. The second-order valence-electron chi connectivity index (χ2n) is 7.49. The van der Waals surface area contributed by atoms with Crippen molar-refractivity contribution in [3.05, 3.63) is 106 Å². The van der Waals surface area contributed by atoms with Crippen LogP contribution in [0.15, 0.2) is 83.7 Å². The van der Waals surface area contributed by atoms with Gasteiger partial charge in [-0.05, 0) is 48.7 Å². The van der Waals surface area contributed by atoms with Crippen molar-refractivity contribution in [1.29, 1.82) is 0 Å². The number of carbonyl (C=O) groups is 1. The first-order valence-corrected chi connectivity index (χ1v) is 10.2. The number of para-hydroxylation sites is 1. The van der Waals surface area contributed by atoms with Crippen LogP contribution in [-0.2, 0) is 13.0 Å². The quantitative estimate of drug-likeness (QED) is 0.489. The van der Waals surface area contributed by atoms with Crippen LogP contribution in [0.2, 0.25) is 0 Å². The Balaban J connectivity index is 1.58. The Kier molecular flexibility index (Phi) is 6.08. The molecular formula is C25H24N4O2. The number of benzene rings is 3. The number of H-pyrrole nitrogens is 1. The van der Waals surface area contributed by atoms with Crippen molar-refractivity contribution in [3.63, 3.8) is 0 Å². The highest BCUT2D eigenvalue weighted by molar-refractivity contribution is 5.89. The number of amides is 2. The molecule has 31 heavy (non-hydrogen) atoms. The number of anilines is 1. The van der Waals surface area contributed by atoms with Gasteiger partial charge in [-0.3, -0.25) is 4.79 Å². The molecule has 0 spiro atoms. The smallest absolute Gasteiger partial charge is 0.317 e. The maximum Gasteiger partial charge on any atom is 0.322 e. The van der Waals surface area contributed by atoms with E-state index < -0.39 is 0 Å². The zero-order chi connectivity index (χ0) is 21.6. The maximum absolute atomic E-state index is 13.1. The predicted molar refractivity (Wildman–Crippen MR) is 123 cm³/mol. The highest BCUT2D eigenvalue weighted by Gasteiger charge is 2.16. The molecule has 0 aliphatic heterocycles. The summed E-state index contributed by atoms with van der Waals surface area (Å²) in [4.78, 5) is 34.6. The molecule has 0 radical (unpaired) electrons. The Labute approximate surface area is 180 Å². The monoisotopic (exact) mass is 412 g/mol. The zero-order valence-electron chi connectivity index (χ0n) is 17.3. The minimum absolute atomic E-state index is 0.199. The lowest BCUT2D eigenvalue weighted by atomic mass is 10.1. The largest absolute Gasteiger partial charge is 0.322 e. The van der Waals surface area contributed by atoms with Crippen LogP contribution in [0.25, 0.3) is 10.9 Å². The molecule has 0 saturated heterocycles. The van der Waals surface area contributed by atoms with Crippen LogP contribution in [0.1, 0.15) is 17.0 Å². The average molecular weight is 412 g/mol. The topological polar surface area (TPSA) is 78.1 Å². The number of hydrogen-bond acceptors (Lipinski definition) is 3. The Morgan fingerprint density at radius 1 is 1.00 bits per heavy atom. The summed E-state index contributed by atoms with van der Waals surface area (Å²) in [6.45, 7) is 2.66. The maximum atomic E-state index is 13.1. The second-order valence-corrected chi connectivity index (χ2v) is 7.49. The summed E-state index contributed by atoms with van der Waals surface area (Å²) in [5.41, 5.74) is 3.34. The molecule has 0 unspecified atom stereocenters. The van der Waals surface area contributed by atoms with Crippen LogP contribution < -0.4 is 10.9 Å². The molecule has 2 N–H and O–H groups in total. The molecule has 4 rings (SSSR count). The summed E-state index contributed by atoms with van der Waals surface area (Å²) in [5, 5.41) is 3.49. The van der Waals surface area contributed by atoms with Crippen molar-refractivity contribution in [2.24, 2.45) is 0 Å². The highest BCUT2D eigenvalue weighted by Crippen LogP contribution is 2.13. The van der Waals surface area contributed by atoms with E-state index in [1.165, 1.54) is 0 Å². The standard InChI is InChI=1S/C25H24N4O2/c1-18-8-7-11-20(16-18)26-25(31)29(15-14-19-9-3-2-4-10-19)17-23-27-22-13-6-5-12-21(22)24(30)28-23/h2-13,16H,14-15,17H2,1H3,(H,26,31)(H,27,28,30). The number of urea groups is 1. The van der Waals surface area contributed by atoms with E-state index in [9.17, 15) is 9.59 Å². The first-order chi connectivity index (χ1) is 15.1. The van der Waals surface area contributed by atoms with Gasteiger partial charge in [-0.1, -0.05) is 54.6 Å². The van der Waals surface area contributed by atoms with E-state index in [1.807, 2.05) is 67.6 Å². The molecule has 4 aromatic rings. The molecule has 6 heteroatoms. The Morgan fingerprint density at radius 2 is 1.77 bits per heavy atom. The minimum Gasteiger partial charge on any atom is -0.317 e. The van der Waals surface area contributed by atoms with E-state index in [0.29, 0.717) is 29.7 Å². The fraction of sp³-hybridized carbons (Fsp3) is 0.160. The van der Waals surface area contributed by atoms with Gasteiger partial charge in [0.25, 0.3) is 5.56 Å². The van der Waals surface area contributed by atoms with Crippen LogP contribution in [0.5, 0.6) is 0 Å². The lowest BCUT2D eigenvalue weighted by Gasteiger charge is -2.23. The van der Waals surface area contributed by atoms with Gasteiger partial charge < -0.3 is 15.2 Å². The molecule has 2 amide bonds. The van der Waals surface area contributed by atoms with Gasteiger partial charge in [0.2, 0.25) is 0 Å². The molecule has 3 aromatic carbocycles. The molecule has 0 atom stereocenters. The lowest BCUT2D eigenvalue weighted by molar-refractivity contribution is 0.208. The number of carbonyl (C=O) groups excluding carboxylic acids is 1. The van der Waals surface area contributed by atoms with Crippen LogP contribution in [0.3, 0.4) is 0 Å². The molecule has 156 valence electrons. The predicted octanol–water partition coefficient (Wildman–Crippen LogP) is 4.51. The van der Waals surface area contributed by atoms with Gasteiger partial charge in [0.05, 0.1) is 17.4 Å². The normalized spacial score (nSPS) is 10.7. The number of nitrogens with zero attached hydrogens (tertiary/aromatic N) is 2. The van der Waals surface area contributed by atoms with E-state index in [0.717, 1.165) is 16.8 Å². The fourth-order valence-electron chi connectivity index (χ4n) is 3.48. The number of aromatic amines is 1. The number of aromatic nitrogens is 2. The average Bonchev–Trinajstić information content (AvgIpc) is 2.77. The zero-order valence-corrected chi connectivity index (χ0v) is 17.3. The molecule has 1 heterocycles. The van der Waals surface area contributed by atoms with Crippen molar-refractivity contribution in [2.45, 2.75) is 19.9 Å². The molecular weight excluding hydrogens is 388 g/mol. The minimum atomic E-state index is -0.239. The summed E-state index contributed by atoms with van der Waals surface area (Å²) in [6, 6.07) is 24.6. The Bertz CT molecular complexity index is 1250. The molecule has 1 aromatic heterocycles. The van der Waals surface area contributed by atoms with E-state index in [2.05, 4.69) is 15.3 Å². The molecule has 0 saturated carbocycles. The van der Waals surface area contributed by atoms with Gasteiger partial charge in [-0.15, -0.1) is 0 Å². The Hall–Kier alpha value is -3.93. The van der Waals surface area contributed by atoms with Crippen LogP contribution in [0.4, 0.5) is 10.5 Å². The molecule has 0 aliphatic rings. The summed E-state index contributed by atoms with van der Waals surface area (Å²) >= 11 is 0. The highest BCUT2D eigenvalue weighted by atomic mass is 16.2. The van der Waals surface area contributed by atoms with Crippen LogP contribution in [0, 0.1) is 6.92 Å². The fourth-order valence-corrected chi connectivity index (χ4v) is 3.48. The number of aryl methyl sites for hydroxylation is 1. The van der Waals surface area contributed by atoms with Crippen molar-refractivity contribution >= 4 is 22.6 Å². The van der Waals surface area contributed by atoms with Gasteiger partial charge >= 0.3 is 6.03 Å². The summed E-state index contributed by atoms with van der Waals surface area (Å²) < 4.78 is 0. The van der Waals surface area contributed by atoms with E-state index in [-0.39, 0.29) is 18.1 Å². The third-order valence-electron chi connectivity index (χ3n) is 5.07. The van der Waals surface area contributed by atoms with Gasteiger partial charge in [0, 0.05) is 12.2 Å². The van der Waals surface area contributed by atoms with Gasteiger partial charge in [0.15, 0.2) is 0 Å². The first-order valence-electron chi connectivity index (χ1n) is 10.2. The van der Waals surface area contributed by atoms with Crippen LogP contribution in [-0.4, -0.2) is 27.4 Å². The molecule has 0 fully saturated rings. The van der Waals surface area contributed by atoms with Crippen molar-refractivity contribution in [1.82, 2.24) is 14.9 Å². The first kappa shape index (κ1) is 20.3. The van der Waals surface area contributed by atoms with Crippen molar-refractivity contribution < 1.29 is 4.79 Å². The molecule has 0 bridgehead atoms. The van der Waals surface area contributed by atoms with E-state index in [1.54, 1.807) is 23.1 Å². The summed E-state index contributed by atoms with van der Waals surface area (Å²) in [6.07, 6.45) is 0.694. The van der Waals surface area contributed by atoms with E-state index >= 15 is 0 Å². The third-order valence-corrected chi connectivity index (χ3v) is 5.07. The third kappa shape index (κ3) is 5.17. The summed E-state index contributed by atoms with van der Waals surface area (Å²) in [7, 11) is 0. The van der Waals surface area contributed by atoms with Gasteiger partial charge in [0.1, 0.15) is 5.82 Å². The van der Waals surface area contributed by atoms with Crippen LogP contribution >= 0.6 is 0 Å². The number of nitrogens with one attached hydrogen (secondary N) is 2. The van der Waals surface area contributed by atoms with E-state index in [4.69, 9.17) is 0 Å². The molecule has 0 aliphatic carbocycles.